The largest absolute Gasteiger partial charge is 0.480 e. The quantitative estimate of drug-likeness (QED) is 0.844. The van der Waals surface area contributed by atoms with Crippen molar-refractivity contribution in [3.05, 3.63) is 35.4 Å². The molecule has 19 heavy (non-hydrogen) atoms. The lowest BCUT2D eigenvalue weighted by Gasteiger charge is -2.22. The molecular formula is C11H10F5NO2. The van der Waals surface area contributed by atoms with E-state index in [2.05, 4.69) is 0 Å². The van der Waals surface area contributed by atoms with Gasteiger partial charge in [0, 0.05) is 12.1 Å². The minimum Gasteiger partial charge on any atom is -0.480 e. The highest BCUT2D eigenvalue weighted by molar-refractivity contribution is 5.69. The third kappa shape index (κ3) is 5.21. The molecule has 0 aliphatic carbocycles. The number of alkyl halides is 3. The van der Waals surface area contributed by atoms with Gasteiger partial charge >= 0.3 is 12.1 Å². The van der Waals surface area contributed by atoms with Crippen molar-refractivity contribution in [3.63, 3.8) is 0 Å². The smallest absolute Gasteiger partial charge is 0.401 e. The van der Waals surface area contributed by atoms with Gasteiger partial charge in [0.1, 0.15) is 11.6 Å². The standard InChI is InChI=1S/C11H10F5NO2/c12-8-2-1-3-9(13)7(8)4-17(5-10(18)19)6-11(14,15)16/h1-3H,4-6H2,(H,18,19). The molecule has 0 unspecified atom stereocenters. The number of carboxylic acids is 1. The van der Waals surface area contributed by atoms with E-state index in [4.69, 9.17) is 5.11 Å². The van der Waals surface area contributed by atoms with E-state index < -0.39 is 49.0 Å². The zero-order chi connectivity index (χ0) is 14.6. The number of halogens is 5. The van der Waals surface area contributed by atoms with Crippen LogP contribution in [0.3, 0.4) is 0 Å². The van der Waals surface area contributed by atoms with E-state index in [1.54, 1.807) is 0 Å². The Morgan fingerprint density at radius 2 is 1.74 bits per heavy atom. The Kier molecular flexibility index (Phi) is 4.82. The summed E-state index contributed by atoms with van der Waals surface area (Å²) in [6.07, 6.45) is -4.66. The molecule has 1 rings (SSSR count). The number of nitrogens with zero attached hydrogens (tertiary/aromatic N) is 1. The fraction of sp³-hybridized carbons (Fsp3) is 0.364. The molecule has 1 aromatic carbocycles. The molecular weight excluding hydrogens is 273 g/mol. The maximum absolute atomic E-state index is 13.3. The number of carbonyl (C=O) groups is 1. The van der Waals surface area contributed by atoms with Gasteiger partial charge in [-0.15, -0.1) is 0 Å². The average Bonchev–Trinajstić information content (AvgIpc) is 2.20. The van der Waals surface area contributed by atoms with Gasteiger partial charge in [-0.25, -0.2) is 8.78 Å². The Hall–Kier alpha value is -1.70. The first-order valence-electron chi connectivity index (χ1n) is 5.13. The fourth-order valence-corrected chi connectivity index (χ4v) is 1.52. The van der Waals surface area contributed by atoms with Gasteiger partial charge in [0.2, 0.25) is 0 Å². The van der Waals surface area contributed by atoms with Crippen LogP contribution in [0.1, 0.15) is 5.56 Å². The van der Waals surface area contributed by atoms with Crippen molar-refractivity contribution in [2.45, 2.75) is 12.7 Å². The van der Waals surface area contributed by atoms with Crippen LogP contribution >= 0.6 is 0 Å². The molecule has 0 saturated heterocycles. The molecule has 0 radical (unpaired) electrons. The van der Waals surface area contributed by atoms with E-state index in [0.29, 0.717) is 4.90 Å². The number of benzene rings is 1. The third-order valence-corrected chi connectivity index (χ3v) is 2.21. The Morgan fingerprint density at radius 1 is 1.21 bits per heavy atom. The molecule has 0 aliphatic rings. The van der Waals surface area contributed by atoms with E-state index in [0.717, 1.165) is 18.2 Å². The molecule has 0 aromatic heterocycles. The van der Waals surface area contributed by atoms with Gasteiger partial charge in [0.05, 0.1) is 13.1 Å². The second kappa shape index (κ2) is 5.96. The van der Waals surface area contributed by atoms with Crippen LogP contribution in [0.25, 0.3) is 0 Å². The van der Waals surface area contributed by atoms with Crippen LogP contribution in [0, 0.1) is 11.6 Å². The molecule has 0 fully saturated rings. The number of carboxylic acid groups (broad SMARTS) is 1. The van der Waals surface area contributed by atoms with Crippen LogP contribution in [-0.2, 0) is 11.3 Å². The molecule has 0 aliphatic heterocycles. The van der Waals surface area contributed by atoms with Crippen LogP contribution in [0.5, 0.6) is 0 Å². The van der Waals surface area contributed by atoms with Crippen molar-refractivity contribution < 1.29 is 31.9 Å². The van der Waals surface area contributed by atoms with Crippen LogP contribution in [0.4, 0.5) is 22.0 Å². The van der Waals surface area contributed by atoms with Gasteiger partial charge in [-0.2, -0.15) is 13.2 Å². The topological polar surface area (TPSA) is 40.5 Å². The molecule has 0 amide bonds. The molecule has 8 heteroatoms. The van der Waals surface area contributed by atoms with E-state index in [1.165, 1.54) is 0 Å². The summed E-state index contributed by atoms with van der Waals surface area (Å²) in [5, 5.41) is 8.50. The summed E-state index contributed by atoms with van der Waals surface area (Å²) in [4.78, 5) is 10.9. The van der Waals surface area contributed by atoms with Gasteiger partial charge < -0.3 is 5.11 Å². The van der Waals surface area contributed by atoms with Crippen LogP contribution in [-0.4, -0.2) is 35.2 Å². The van der Waals surface area contributed by atoms with Crippen molar-refractivity contribution in [1.82, 2.24) is 4.90 Å². The molecule has 0 atom stereocenters. The molecule has 0 spiro atoms. The molecule has 0 heterocycles. The molecule has 0 bridgehead atoms. The van der Waals surface area contributed by atoms with Crippen molar-refractivity contribution in [3.8, 4) is 0 Å². The number of hydrogen-bond acceptors (Lipinski definition) is 2. The predicted molar refractivity (Wildman–Crippen MR) is 55.3 cm³/mol. The summed E-state index contributed by atoms with van der Waals surface area (Å²) in [6.45, 7) is -3.30. The van der Waals surface area contributed by atoms with Gasteiger partial charge in [-0.1, -0.05) is 6.07 Å². The monoisotopic (exact) mass is 283 g/mol. The SMILES string of the molecule is O=C(O)CN(Cc1c(F)cccc1F)CC(F)(F)F. The van der Waals surface area contributed by atoms with Crippen LogP contribution < -0.4 is 0 Å². The molecule has 0 saturated carbocycles. The van der Waals surface area contributed by atoms with Crippen molar-refractivity contribution >= 4 is 5.97 Å². The summed E-state index contributed by atoms with van der Waals surface area (Å²) >= 11 is 0. The average molecular weight is 283 g/mol. The first kappa shape index (κ1) is 15.4. The van der Waals surface area contributed by atoms with Crippen LogP contribution in [0.2, 0.25) is 0 Å². The van der Waals surface area contributed by atoms with Gasteiger partial charge in [-0.05, 0) is 12.1 Å². The van der Waals surface area contributed by atoms with Gasteiger partial charge in [-0.3, -0.25) is 9.69 Å². The zero-order valence-electron chi connectivity index (χ0n) is 9.55. The van der Waals surface area contributed by atoms with Gasteiger partial charge in [0.15, 0.2) is 0 Å². The normalized spacial score (nSPS) is 11.9. The first-order valence-corrected chi connectivity index (χ1v) is 5.13. The molecule has 1 N–H and O–H groups in total. The molecule has 1 aromatic rings. The molecule has 3 nitrogen and oxygen atoms in total. The lowest BCUT2D eigenvalue weighted by Crippen LogP contribution is -2.37. The third-order valence-electron chi connectivity index (χ3n) is 2.21. The summed E-state index contributed by atoms with van der Waals surface area (Å²) in [5.74, 6) is -3.55. The maximum atomic E-state index is 13.3. The number of hydrogen-bond donors (Lipinski definition) is 1. The van der Waals surface area contributed by atoms with E-state index in [1.807, 2.05) is 0 Å². The van der Waals surface area contributed by atoms with Crippen molar-refractivity contribution in [1.29, 1.82) is 0 Å². The lowest BCUT2D eigenvalue weighted by atomic mass is 10.2. The number of rotatable bonds is 5. The van der Waals surface area contributed by atoms with Crippen LogP contribution in [0.15, 0.2) is 18.2 Å². The summed E-state index contributed by atoms with van der Waals surface area (Å²) in [6, 6.07) is 2.86. The second-order valence-corrected chi connectivity index (χ2v) is 3.85. The summed E-state index contributed by atoms with van der Waals surface area (Å²) < 4.78 is 63.3. The lowest BCUT2D eigenvalue weighted by molar-refractivity contribution is -0.155. The Labute approximate surface area is 105 Å². The maximum Gasteiger partial charge on any atom is 0.401 e. The minimum atomic E-state index is -4.66. The van der Waals surface area contributed by atoms with E-state index >= 15 is 0 Å². The fourth-order valence-electron chi connectivity index (χ4n) is 1.52. The Morgan fingerprint density at radius 3 is 2.16 bits per heavy atom. The van der Waals surface area contributed by atoms with Gasteiger partial charge in [0.25, 0.3) is 0 Å². The first-order chi connectivity index (χ1) is 8.69. The highest BCUT2D eigenvalue weighted by atomic mass is 19.4. The summed E-state index contributed by atoms with van der Waals surface area (Å²) in [7, 11) is 0. The summed E-state index contributed by atoms with van der Waals surface area (Å²) in [5.41, 5.74) is -0.590. The minimum absolute atomic E-state index is 0.407. The Balaban J connectivity index is 2.90. The highest BCUT2D eigenvalue weighted by Crippen LogP contribution is 2.20. The predicted octanol–water partition coefficient (Wildman–Crippen LogP) is 2.41. The van der Waals surface area contributed by atoms with Crippen molar-refractivity contribution in [2.75, 3.05) is 13.1 Å². The second-order valence-electron chi connectivity index (χ2n) is 3.85. The van der Waals surface area contributed by atoms with Crippen molar-refractivity contribution in [2.24, 2.45) is 0 Å². The number of aliphatic carboxylic acids is 1. The molecule has 106 valence electrons. The Bertz CT molecular complexity index is 441. The van der Waals surface area contributed by atoms with E-state index in [-0.39, 0.29) is 0 Å². The van der Waals surface area contributed by atoms with E-state index in [9.17, 15) is 26.7 Å². The zero-order valence-corrected chi connectivity index (χ0v) is 9.55. The highest BCUT2D eigenvalue weighted by Gasteiger charge is 2.32.